The first-order valence-electron chi connectivity index (χ1n) is 9.65. The molecule has 1 saturated heterocycles. The van der Waals surface area contributed by atoms with E-state index in [-0.39, 0.29) is 17.9 Å². The van der Waals surface area contributed by atoms with Crippen LogP contribution in [0, 0.1) is 0 Å². The van der Waals surface area contributed by atoms with Crippen LogP contribution in [0.5, 0.6) is 11.5 Å². The molecule has 0 spiro atoms. The Morgan fingerprint density at radius 2 is 1.83 bits per heavy atom. The van der Waals surface area contributed by atoms with Crippen LogP contribution in [0.2, 0.25) is 0 Å². The molecule has 1 aliphatic heterocycles. The van der Waals surface area contributed by atoms with Crippen molar-refractivity contribution in [3.05, 3.63) is 54.1 Å². The van der Waals surface area contributed by atoms with Gasteiger partial charge >= 0.3 is 0 Å². The molecule has 0 aliphatic carbocycles. The van der Waals surface area contributed by atoms with Crippen molar-refractivity contribution in [2.24, 2.45) is 0 Å². The van der Waals surface area contributed by atoms with Crippen molar-refractivity contribution in [2.75, 3.05) is 32.5 Å². The predicted molar refractivity (Wildman–Crippen MR) is 111 cm³/mol. The summed E-state index contributed by atoms with van der Waals surface area (Å²) < 4.78 is 11.1. The van der Waals surface area contributed by atoms with Crippen molar-refractivity contribution >= 4 is 17.5 Å². The Hall–Kier alpha value is -3.22. The Labute approximate surface area is 171 Å². The third-order valence-electron chi connectivity index (χ3n) is 5.06. The van der Waals surface area contributed by atoms with Gasteiger partial charge < -0.3 is 25.0 Å². The average molecular weight is 397 g/mol. The van der Waals surface area contributed by atoms with E-state index in [4.69, 9.17) is 15.2 Å². The number of benzene rings is 2. The maximum Gasteiger partial charge on any atom is 0.263 e. The van der Waals surface area contributed by atoms with E-state index in [1.165, 1.54) is 7.11 Å². The van der Waals surface area contributed by atoms with Gasteiger partial charge in [0.05, 0.1) is 7.11 Å². The molecule has 1 fully saturated rings. The van der Waals surface area contributed by atoms with Crippen LogP contribution in [0.3, 0.4) is 0 Å². The number of ether oxygens (including phenoxy) is 2. The highest BCUT2D eigenvalue weighted by molar-refractivity contribution is 5.94. The zero-order valence-electron chi connectivity index (χ0n) is 17.0. The summed E-state index contributed by atoms with van der Waals surface area (Å²) >= 11 is 0. The molecule has 2 unspecified atom stereocenters. The number of carbonyl (C=O) groups is 2. The third kappa shape index (κ3) is 4.62. The molecule has 2 atom stereocenters. The molecule has 0 bridgehead atoms. The first-order valence-corrected chi connectivity index (χ1v) is 9.65. The normalized spacial score (nSPS) is 17.6. The highest BCUT2D eigenvalue weighted by Gasteiger charge is 2.33. The van der Waals surface area contributed by atoms with Crippen molar-refractivity contribution in [3.8, 4) is 11.5 Å². The summed E-state index contributed by atoms with van der Waals surface area (Å²) in [6.45, 7) is 5.09. The molecular formula is C22H27N3O4. The third-order valence-corrected chi connectivity index (χ3v) is 5.06. The van der Waals surface area contributed by atoms with E-state index >= 15 is 0 Å². The molecule has 1 aliphatic rings. The fourth-order valence-electron chi connectivity index (χ4n) is 3.49. The standard InChI is InChI=1S/C22H27N3O4/c1-15-14-24(22(27)17-7-5-4-6-8-17)11-12-25(15)21(26)16(2)29-19-10-9-18(23)13-20(19)28-3/h4-10,13,15-16H,11-12,14,23H2,1-3H3. The number of hydrogen-bond donors (Lipinski definition) is 1. The maximum atomic E-state index is 13.0. The van der Waals surface area contributed by atoms with Gasteiger partial charge in [0.2, 0.25) is 0 Å². The maximum absolute atomic E-state index is 13.0. The number of hydrogen-bond acceptors (Lipinski definition) is 5. The van der Waals surface area contributed by atoms with E-state index in [9.17, 15) is 9.59 Å². The van der Waals surface area contributed by atoms with Crippen molar-refractivity contribution in [3.63, 3.8) is 0 Å². The summed E-state index contributed by atoms with van der Waals surface area (Å²) in [5.74, 6) is 0.813. The molecule has 2 amide bonds. The summed E-state index contributed by atoms with van der Waals surface area (Å²) in [7, 11) is 1.53. The van der Waals surface area contributed by atoms with Crippen molar-refractivity contribution in [2.45, 2.75) is 26.0 Å². The minimum absolute atomic E-state index is 0.0135. The smallest absolute Gasteiger partial charge is 0.263 e. The molecule has 0 radical (unpaired) electrons. The van der Waals surface area contributed by atoms with Crippen LogP contribution in [0.1, 0.15) is 24.2 Å². The van der Waals surface area contributed by atoms with Gasteiger partial charge in [0.1, 0.15) is 0 Å². The van der Waals surface area contributed by atoms with E-state index in [1.54, 1.807) is 47.1 Å². The number of nitrogens with two attached hydrogens (primary N) is 1. The molecule has 1 heterocycles. The zero-order valence-corrected chi connectivity index (χ0v) is 17.0. The minimum atomic E-state index is -0.689. The highest BCUT2D eigenvalue weighted by atomic mass is 16.5. The number of anilines is 1. The van der Waals surface area contributed by atoms with Crippen LogP contribution in [0.25, 0.3) is 0 Å². The van der Waals surface area contributed by atoms with Gasteiger partial charge in [-0.2, -0.15) is 0 Å². The first-order chi connectivity index (χ1) is 13.9. The number of nitrogen functional groups attached to an aromatic ring is 1. The number of rotatable bonds is 5. The second-order valence-electron chi connectivity index (χ2n) is 7.17. The summed E-state index contributed by atoms with van der Waals surface area (Å²) in [6.07, 6.45) is -0.689. The lowest BCUT2D eigenvalue weighted by atomic mass is 10.1. The second kappa shape index (κ2) is 8.86. The van der Waals surface area contributed by atoms with Crippen LogP contribution in [0.15, 0.2) is 48.5 Å². The number of amides is 2. The van der Waals surface area contributed by atoms with Crippen LogP contribution in [-0.4, -0.2) is 60.5 Å². The molecule has 154 valence electrons. The summed E-state index contributed by atoms with van der Waals surface area (Å²) in [5, 5.41) is 0. The fraction of sp³-hybridized carbons (Fsp3) is 0.364. The number of piperazine rings is 1. The molecular weight excluding hydrogens is 370 g/mol. The van der Waals surface area contributed by atoms with Crippen molar-refractivity contribution in [1.82, 2.24) is 9.80 Å². The predicted octanol–water partition coefficient (Wildman–Crippen LogP) is 2.42. The van der Waals surface area contributed by atoms with E-state index in [0.717, 1.165) is 0 Å². The SMILES string of the molecule is COc1cc(N)ccc1OC(C)C(=O)N1CCN(C(=O)c2ccccc2)CC1C. The average Bonchev–Trinajstić information content (AvgIpc) is 2.74. The molecule has 0 aromatic heterocycles. The first kappa shape index (κ1) is 20.5. The van der Waals surface area contributed by atoms with Gasteiger partial charge in [-0.1, -0.05) is 18.2 Å². The topological polar surface area (TPSA) is 85.1 Å². The van der Waals surface area contributed by atoms with Gasteiger partial charge in [-0.3, -0.25) is 9.59 Å². The molecule has 3 rings (SSSR count). The minimum Gasteiger partial charge on any atom is -0.493 e. The molecule has 7 heteroatoms. The van der Waals surface area contributed by atoms with E-state index in [0.29, 0.717) is 42.4 Å². The van der Waals surface area contributed by atoms with E-state index < -0.39 is 6.10 Å². The molecule has 0 saturated carbocycles. The highest BCUT2D eigenvalue weighted by Crippen LogP contribution is 2.30. The monoisotopic (exact) mass is 397 g/mol. The van der Waals surface area contributed by atoms with Crippen LogP contribution in [0.4, 0.5) is 5.69 Å². The van der Waals surface area contributed by atoms with Gasteiger partial charge in [-0.25, -0.2) is 0 Å². The van der Waals surface area contributed by atoms with Gasteiger partial charge in [0, 0.05) is 43.0 Å². The second-order valence-corrected chi connectivity index (χ2v) is 7.17. The quantitative estimate of drug-likeness (QED) is 0.783. The van der Waals surface area contributed by atoms with Gasteiger partial charge in [0.25, 0.3) is 11.8 Å². The van der Waals surface area contributed by atoms with Crippen molar-refractivity contribution in [1.29, 1.82) is 0 Å². The number of nitrogens with zero attached hydrogens (tertiary/aromatic N) is 2. The van der Waals surface area contributed by atoms with E-state index in [2.05, 4.69) is 0 Å². The lowest BCUT2D eigenvalue weighted by Crippen LogP contribution is -2.57. The Bertz CT molecular complexity index is 872. The molecule has 29 heavy (non-hydrogen) atoms. The van der Waals surface area contributed by atoms with Gasteiger partial charge in [0.15, 0.2) is 17.6 Å². The Morgan fingerprint density at radius 3 is 2.48 bits per heavy atom. The molecule has 7 nitrogen and oxygen atoms in total. The number of methoxy groups -OCH3 is 1. The number of carbonyl (C=O) groups excluding carboxylic acids is 2. The van der Waals surface area contributed by atoms with Crippen LogP contribution < -0.4 is 15.2 Å². The Morgan fingerprint density at radius 1 is 1.10 bits per heavy atom. The van der Waals surface area contributed by atoms with Crippen LogP contribution in [-0.2, 0) is 4.79 Å². The molecule has 2 N–H and O–H groups in total. The molecule has 2 aromatic carbocycles. The fourth-order valence-corrected chi connectivity index (χ4v) is 3.49. The Kier molecular flexibility index (Phi) is 6.26. The zero-order chi connectivity index (χ0) is 21.0. The Balaban J connectivity index is 1.63. The summed E-state index contributed by atoms with van der Waals surface area (Å²) in [5.41, 5.74) is 6.98. The molecule has 2 aromatic rings. The van der Waals surface area contributed by atoms with E-state index in [1.807, 2.05) is 25.1 Å². The lowest BCUT2D eigenvalue weighted by Gasteiger charge is -2.40. The van der Waals surface area contributed by atoms with Crippen LogP contribution >= 0.6 is 0 Å². The summed E-state index contributed by atoms with van der Waals surface area (Å²) in [4.78, 5) is 29.2. The largest absolute Gasteiger partial charge is 0.493 e. The summed E-state index contributed by atoms with van der Waals surface area (Å²) in [6, 6.07) is 14.1. The van der Waals surface area contributed by atoms with Gasteiger partial charge in [-0.05, 0) is 38.1 Å². The van der Waals surface area contributed by atoms with Gasteiger partial charge in [-0.15, -0.1) is 0 Å². The van der Waals surface area contributed by atoms with Crippen molar-refractivity contribution < 1.29 is 19.1 Å². The lowest BCUT2D eigenvalue weighted by molar-refractivity contribution is -0.142.